The van der Waals surface area contributed by atoms with E-state index < -0.39 is 5.54 Å². The minimum Gasteiger partial charge on any atom is -0.339 e. The molecule has 2 aliphatic rings. The Labute approximate surface area is 171 Å². The Balaban J connectivity index is 0.00000156. The minimum absolute atomic E-state index is 0. The third-order valence-corrected chi connectivity index (χ3v) is 5.77. The molecule has 142 valence electrons. The molecule has 2 saturated heterocycles. The number of carbonyl (C=O) groups excluding carboxylic acids is 1. The number of carbonyl (C=O) groups is 1. The van der Waals surface area contributed by atoms with Gasteiger partial charge in [-0.1, -0.05) is 34.5 Å². The van der Waals surface area contributed by atoms with Crippen LogP contribution in [0.4, 0.5) is 0 Å². The zero-order valence-electron chi connectivity index (χ0n) is 14.6. The van der Waals surface area contributed by atoms with Gasteiger partial charge in [0.25, 0.3) is 0 Å². The SMILES string of the molecule is CC(N)(C(=O)N1CCC(N2CCCCC2)C1)c1ccc(Br)cc1.Cl.Cl. The summed E-state index contributed by atoms with van der Waals surface area (Å²) in [6.45, 7) is 5.83. The van der Waals surface area contributed by atoms with Crippen molar-refractivity contribution in [3.05, 3.63) is 34.3 Å². The number of amides is 1. The summed E-state index contributed by atoms with van der Waals surface area (Å²) < 4.78 is 0.996. The van der Waals surface area contributed by atoms with E-state index in [0.717, 1.165) is 29.5 Å². The largest absolute Gasteiger partial charge is 0.339 e. The van der Waals surface area contributed by atoms with E-state index in [0.29, 0.717) is 6.04 Å². The number of rotatable bonds is 3. The van der Waals surface area contributed by atoms with Crippen molar-refractivity contribution in [3.8, 4) is 0 Å². The van der Waals surface area contributed by atoms with Crippen LogP contribution in [0.3, 0.4) is 0 Å². The number of benzene rings is 1. The van der Waals surface area contributed by atoms with Gasteiger partial charge in [0.2, 0.25) is 5.91 Å². The predicted molar refractivity (Wildman–Crippen MR) is 111 cm³/mol. The maximum atomic E-state index is 13.0. The number of piperidine rings is 1. The van der Waals surface area contributed by atoms with Gasteiger partial charge in [-0.2, -0.15) is 0 Å². The molecule has 0 spiro atoms. The van der Waals surface area contributed by atoms with Crippen LogP contribution in [0.1, 0.15) is 38.2 Å². The topological polar surface area (TPSA) is 49.6 Å². The zero-order chi connectivity index (χ0) is 16.4. The minimum atomic E-state index is -0.961. The lowest BCUT2D eigenvalue weighted by Crippen LogP contribution is -2.51. The van der Waals surface area contributed by atoms with Crippen molar-refractivity contribution in [2.75, 3.05) is 26.2 Å². The summed E-state index contributed by atoms with van der Waals surface area (Å²) in [5, 5.41) is 0. The van der Waals surface area contributed by atoms with Crippen molar-refractivity contribution >= 4 is 46.7 Å². The Morgan fingerprint density at radius 3 is 2.32 bits per heavy atom. The molecule has 0 bridgehead atoms. The van der Waals surface area contributed by atoms with Crippen LogP contribution in [0, 0.1) is 0 Å². The highest BCUT2D eigenvalue weighted by Crippen LogP contribution is 2.26. The van der Waals surface area contributed by atoms with Gasteiger partial charge in [-0.25, -0.2) is 0 Å². The summed E-state index contributed by atoms with van der Waals surface area (Å²) in [5.74, 6) is 0.0410. The fraction of sp³-hybridized carbons (Fsp3) is 0.611. The third-order valence-electron chi connectivity index (χ3n) is 5.25. The Hall–Kier alpha value is -0.330. The molecule has 2 heterocycles. The van der Waals surface area contributed by atoms with E-state index in [9.17, 15) is 4.79 Å². The summed E-state index contributed by atoms with van der Waals surface area (Å²) in [5.41, 5.74) is 6.32. The second-order valence-electron chi connectivity index (χ2n) is 7.00. The van der Waals surface area contributed by atoms with E-state index in [1.807, 2.05) is 36.1 Å². The molecule has 0 radical (unpaired) electrons. The molecule has 25 heavy (non-hydrogen) atoms. The van der Waals surface area contributed by atoms with Gasteiger partial charge in [-0.05, 0) is 57.0 Å². The van der Waals surface area contributed by atoms with Crippen molar-refractivity contribution in [1.82, 2.24) is 9.80 Å². The molecule has 2 aliphatic heterocycles. The van der Waals surface area contributed by atoms with Gasteiger partial charge in [-0.15, -0.1) is 24.8 Å². The average molecular weight is 453 g/mol. The first-order chi connectivity index (χ1) is 11.0. The van der Waals surface area contributed by atoms with E-state index in [1.165, 1.54) is 32.4 Å². The van der Waals surface area contributed by atoms with Gasteiger partial charge in [0.1, 0.15) is 5.54 Å². The molecule has 1 aromatic rings. The van der Waals surface area contributed by atoms with Gasteiger partial charge in [-0.3, -0.25) is 9.69 Å². The van der Waals surface area contributed by atoms with Crippen LogP contribution in [0.2, 0.25) is 0 Å². The van der Waals surface area contributed by atoms with Crippen molar-refractivity contribution < 1.29 is 4.79 Å². The normalized spacial score (nSPS) is 23.3. The monoisotopic (exact) mass is 451 g/mol. The Kier molecular flexibility index (Phi) is 8.69. The van der Waals surface area contributed by atoms with Crippen LogP contribution in [0.5, 0.6) is 0 Å². The van der Waals surface area contributed by atoms with Crippen LogP contribution < -0.4 is 5.73 Å². The lowest BCUT2D eigenvalue weighted by atomic mass is 9.92. The molecule has 4 nitrogen and oxygen atoms in total. The first-order valence-electron chi connectivity index (χ1n) is 8.57. The molecule has 7 heteroatoms. The lowest BCUT2D eigenvalue weighted by Gasteiger charge is -2.33. The molecule has 0 saturated carbocycles. The van der Waals surface area contributed by atoms with Crippen molar-refractivity contribution in [1.29, 1.82) is 0 Å². The molecule has 1 aromatic carbocycles. The van der Waals surface area contributed by atoms with E-state index in [-0.39, 0.29) is 30.7 Å². The van der Waals surface area contributed by atoms with Crippen molar-refractivity contribution in [3.63, 3.8) is 0 Å². The van der Waals surface area contributed by atoms with Gasteiger partial charge in [0.05, 0.1) is 0 Å². The molecule has 2 fully saturated rings. The Bertz CT molecular complexity index is 562. The third kappa shape index (κ3) is 5.10. The number of hydrogen-bond donors (Lipinski definition) is 1. The summed E-state index contributed by atoms with van der Waals surface area (Å²) in [6, 6.07) is 8.25. The van der Waals surface area contributed by atoms with E-state index >= 15 is 0 Å². The number of likely N-dealkylation sites (tertiary alicyclic amines) is 2. The Morgan fingerprint density at radius 2 is 1.72 bits per heavy atom. The zero-order valence-corrected chi connectivity index (χ0v) is 17.8. The molecular formula is C18H28BrCl2N3O. The number of hydrogen-bond acceptors (Lipinski definition) is 3. The summed E-state index contributed by atoms with van der Waals surface area (Å²) >= 11 is 3.43. The number of nitrogens with two attached hydrogens (primary N) is 1. The maximum Gasteiger partial charge on any atom is 0.247 e. The van der Waals surface area contributed by atoms with Crippen LogP contribution in [-0.4, -0.2) is 47.9 Å². The second kappa shape index (κ2) is 9.56. The highest BCUT2D eigenvalue weighted by atomic mass is 79.9. The van der Waals surface area contributed by atoms with Crippen molar-refractivity contribution in [2.24, 2.45) is 5.73 Å². The summed E-state index contributed by atoms with van der Waals surface area (Å²) in [7, 11) is 0. The fourth-order valence-electron chi connectivity index (χ4n) is 3.76. The smallest absolute Gasteiger partial charge is 0.247 e. The fourth-order valence-corrected chi connectivity index (χ4v) is 4.02. The summed E-state index contributed by atoms with van der Waals surface area (Å²) in [6.07, 6.45) is 4.99. The second-order valence-corrected chi connectivity index (χ2v) is 7.92. The van der Waals surface area contributed by atoms with Gasteiger partial charge >= 0.3 is 0 Å². The molecule has 3 rings (SSSR count). The van der Waals surface area contributed by atoms with Gasteiger partial charge < -0.3 is 10.6 Å². The molecule has 1 amide bonds. The molecule has 0 aromatic heterocycles. The first kappa shape index (κ1) is 22.7. The van der Waals surface area contributed by atoms with Crippen LogP contribution in [0.15, 0.2) is 28.7 Å². The first-order valence-corrected chi connectivity index (χ1v) is 9.36. The van der Waals surface area contributed by atoms with Crippen LogP contribution >= 0.6 is 40.7 Å². The van der Waals surface area contributed by atoms with E-state index in [4.69, 9.17) is 5.73 Å². The lowest BCUT2D eigenvalue weighted by molar-refractivity contribution is -0.135. The van der Waals surface area contributed by atoms with Crippen LogP contribution in [-0.2, 0) is 10.3 Å². The number of halogens is 3. The summed E-state index contributed by atoms with van der Waals surface area (Å²) in [4.78, 5) is 17.5. The standard InChI is InChI=1S/C18H26BrN3O.2ClH/c1-18(20,14-5-7-15(19)8-6-14)17(23)22-12-9-16(13-22)21-10-3-2-4-11-21;;/h5-8,16H,2-4,9-13,20H2,1H3;2*1H. The molecule has 2 unspecified atom stereocenters. The molecule has 2 N–H and O–H groups in total. The van der Waals surface area contributed by atoms with E-state index in [2.05, 4.69) is 20.8 Å². The number of nitrogens with zero attached hydrogens (tertiary/aromatic N) is 2. The highest BCUT2D eigenvalue weighted by Gasteiger charge is 2.39. The predicted octanol–water partition coefficient (Wildman–Crippen LogP) is 3.55. The average Bonchev–Trinajstić information content (AvgIpc) is 3.05. The van der Waals surface area contributed by atoms with Gasteiger partial charge in [0, 0.05) is 23.6 Å². The van der Waals surface area contributed by atoms with E-state index in [1.54, 1.807) is 0 Å². The molecule has 0 aliphatic carbocycles. The quantitative estimate of drug-likeness (QED) is 0.762. The highest BCUT2D eigenvalue weighted by molar-refractivity contribution is 9.10. The molecular weight excluding hydrogens is 425 g/mol. The van der Waals surface area contributed by atoms with Gasteiger partial charge in [0.15, 0.2) is 0 Å². The Morgan fingerprint density at radius 1 is 1.12 bits per heavy atom. The van der Waals surface area contributed by atoms with Crippen molar-refractivity contribution in [2.45, 2.75) is 44.2 Å². The van der Waals surface area contributed by atoms with Crippen LogP contribution in [0.25, 0.3) is 0 Å². The molecule has 2 atom stereocenters. The maximum absolute atomic E-state index is 13.0.